The van der Waals surface area contributed by atoms with E-state index >= 15 is 0 Å². The maximum Gasteiger partial charge on any atom is 0.408 e. The second-order valence-corrected chi connectivity index (χ2v) is 7.32. The number of amides is 1. The van der Waals surface area contributed by atoms with Gasteiger partial charge in [-0.3, -0.25) is 9.69 Å². The van der Waals surface area contributed by atoms with Crippen molar-refractivity contribution in [2.75, 3.05) is 4.90 Å². The molecule has 1 saturated heterocycles. The highest BCUT2D eigenvalue weighted by molar-refractivity contribution is 7.80. The van der Waals surface area contributed by atoms with E-state index in [2.05, 4.69) is 10.4 Å². The lowest BCUT2D eigenvalue weighted by atomic mass is 10.2. The van der Waals surface area contributed by atoms with E-state index < -0.39 is 10.7 Å². The predicted octanol–water partition coefficient (Wildman–Crippen LogP) is 3.66. The van der Waals surface area contributed by atoms with Gasteiger partial charge in [0.15, 0.2) is 10.1 Å². The van der Waals surface area contributed by atoms with Crippen molar-refractivity contribution in [3.63, 3.8) is 0 Å². The molecule has 0 radical (unpaired) electrons. The normalized spacial score (nSPS) is 15.1. The minimum Gasteiger partial charge on any atom is -0.460 e. The van der Waals surface area contributed by atoms with E-state index in [9.17, 15) is 14.9 Å². The summed E-state index contributed by atoms with van der Waals surface area (Å²) in [6.07, 6.45) is 2.90. The van der Waals surface area contributed by atoms with E-state index in [1.165, 1.54) is 15.8 Å². The zero-order chi connectivity index (χ0) is 21.4. The van der Waals surface area contributed by atoms with Crippen LogP contribution < -0.4 is 10.2 Å². The molecule has 0 aliphatic carbocycles. The smallest absolute Gasteiger partial charge is 0.408 e. The Kier molecular flexibility index (Phi) is 5.10. The number of aryl methyl sites for hydroxylation is 1. The lowest BCUT2D eigenvalue weighted by Crippen LogP contribution is -2.30. The molecular formula is C19H14ClN5O4S. The van der Waals surface area contributed by atoms with Crippen LogP contribution in [0.4, 0.5) is 11.5 Å². The van der Waals surface area contributed by atoms with Crippen molar-refractivity contribution in [1.29, 1.82) is 0 Å². The van der Waals surface area contributed by atoms with Crippen LogP contribution in [0, 0.1) is 17.0 Å². The third-order valence-corrected chi connectivity index (χ3v) is 4.85. The number of rotatable bonds is 5. The summed E-state index contributed by atoms with van der Waals surface area (Å²) in [5.74, 6) is 0.191. The number of carbonyl (C=O) groups is 1. The number of anilines is 1. The summed E-state index contributed by atoms with van der Waals surface area (Å²) < 4.78 is 7.01. The van der Waals surface area contributed by atoms with Crippen LogP contribution in [0.25, 0.3) is 6.08 Å². The largest absolute Gasteiger partial charge is 0.460 e. The molecule has 9 nitrogen and oxygen atoms in total. The predicted molar refractivity (Wildman–Crippen MR) is 114 cm³/mol. The number of furan rings is 1. The summed E-state index contributed by atoms with van der Waals surface area (Å²) >= 11 is 11.1. The Balaban J connectivity index is 1.53. The molecule has 0 spiro atoms. The fraction of sp³-hybridized carbons (Fsp3) is 0.105. The van der Waals surface area contributed by atoms with Crippen LogP contribution in [0.15, 0.2) is 52.7 Å². The summed E-state index contributed by atoms with van der Waals surface area (Å²) in [7, 11) is 0. The molecule has 2 aromatic heterocycles. The molecule has 152 valence electrons. The lowest BCUT2D eigenvalue weighted by Gasteiger charge is -2.14. The van der Waals surface area contributed by atoms with E-state index in [1.807, 2.05) is 25.1 Å². The number of thiocarbonyl (C=S) groups is 1. The van der Waals surface area contributed by atoms with Gasteiger partial charge in [-0.1, -0.05) is 23.7 Å². The molecule has 1 amide bonds. The van der Waals surface area contributed by atoms with Gasteiger partial charge in [0.1, 0.15) is 23.8 Å². The third kappa shape index (κ3) is 3.82. The van der Waals surface area contributed by atoms with Gasteiger partial charge in [0.25, 0.3) is 5.91 Å². The number of aromatic nitrogens is 2. The van der Waals surface area contributed by atoms with Crippen LogP contribution >= 0.6 is 23.8 Å². The molecule has 0 saturated carbocycles. The Labute approximate surface area is 180 Å². The summed E-state index contributed by atoms with van der Waals surface area (Å²) in [6, 6.07) is 10.8. The van der Waals surface area contributed by atoms with Crippen LogP contribution in [0.5, 0.6) is 0 Å². The molecule has 1 fully saturated rings. The van der Waals surface area contributed by atoms with Crippen molar-refractivity contribution in [3.05, 3.63) is 80.5 Å². The first-order valence-corrected chi connectivity index (χ1v) is 9.50. The maximum atomic E-state index is 12.8. The fourth-order valence-electron chi connectivity index (χ4n) is 2.99. The molecule has 3 heterocycles. The molecule has 0 unspecified atom stereocenters. The zero-order valence-corrected chi connectivity index (χ0v) is 17.1. The first-order chi connectivity index (χ1) is 14.3. The second-order valence-electron chi connectivity index (χ2n) is 6.53. The summed E-state index contributed by atoms with van der Waals surface area (Å²) in [5.41, 5.74) is 1.97. The molecule has 0 atom stereocenters. The fourth-order valence-corrected chi connectivity index (χ4v) is 3.50. The third-order valence-electron chi connectivity index (χ3n) is 4.30. The average molecular weight is 444 g/mol. The van der Waals surface area contributed by atoms with Crippen molar-refractivity contribution in [2.24, 2.45) is 0 Å². The highest BCUT2D eigenvalue weighted by Crippen LogP contribution is 2.25. The van der Waals surface area contributed by atoms with Gasteiger partial charge >= 0.3 is 5.82 Å². The van der Waals surface area contributed by atoms with E-state index in [0.29, 0.717) is 17.2 Å². The highest BCUT2D eigenvalue weighted by Gasteiger charge is 2.32. The Morgan fingerprint density at radius 2 is 2.17 bits per heavy atom. The molecule has 30 heavy (non-hydrogen) atoms. The van der Waals surface area contributed by atoms with Crippen molar-refractivity contribution < 1.29 is 14.1 Å². The van der Waals surface area contributed by atoms with Crippen LogP contribution in [0.3, 0.4) is 0 Å². The van der Waals surface area contributed by atoms with Crippen molar-refractivity contribution in [1.82, 2.24) is 15.1 Å². The van der Waals surface area contributed by atoms with E-state index in [0.717, 1.165) is 5.56 Å². The molecule has 4 rings (SSSR count). The number of hydrogen-bond acceptors (Lipinski definition) is 6. The molecular weight excluding hydrogens is 430 g/mol. The van der Waals surface area contributed by atoms with E-state index in [4.69, 9.17) is 28.2 Å². The van der Waals surface area contributed by atoms with Crippen molar-refractivity contribution in [2.45, 2.75) is 13.5 Å². The number of hydrogen-bond donors (Lipinski definition) is 1. The Hall–Kier alpha value is -3.50. The Bertz CT molecular complexity index is 1220. The molecule has 1 aliphatic rings. The Morgan fingerprint density at radius 1 is 1.37 bits per heavy atom. The van der Waals surface area contributed by atoms with Gasteiger partial charge in [0.05, 0.1) is 17.0 Å². The molecule has 1 N–H and O–H groups in total. The number of halogens is 1. The lowest BCUT2D eigenvalue weighted by molar-refractivity contribution is -0.389. The standard InChI is InChI=1S/C19H14ClN5O4S/c1-11-3-2-4-12(7-11)24-18(26)16(21-19(24)30)8-13-5-6-14(29-13)9-23-10-15(20)17(22-23)25(27)28/h2-8,10H,9H2,1H3,(H,21,30)/b16-8+. The van der Waals surface area contributed by atoms with Crippen LogP contribution in [-0.2, 0) is 11.3 Å². The molecule has 0 bridgehead atoms. The minimum atomic E-state index is -0.656. The Morgan fingerprint density at radius 3 is 2.87 bits per heavy atom. The second kappa shape index (κ2) is 7.73. The van der Waals surface area contributed by atoms with E-state index in [1.54, 1.807) is 24.3 Å². The molecule has 1 aromatic carbocycles. The van der Waals surface area contributed by atoms with Gasteiger partial charge in [0.2, 0.25) is 0 Å². The molecule has 3 aromatic rings. The maximum absolute atomic E-state index is 12.8. The number of nitro groups is 1. The molecule has 1 aliphatic heterocycles. The van der Waals surface area contributed by atoms with Crippen LogP contribution in [0.2, 0.25) is 5.02 Å². The van der Waals surface area contributed by atoms with Gasteiger partial charge in [0, 0.05) is 6.08 Å². The first-order valence-electron chi connectivity index (χ1n) is 8.71. The van der Waals surface area contributed by atoms with Gasteiger partial charge in [-0.2, -0.15) is 4.68 Å². The van der Waals surface area contributed by atoms with E-state index in [-0.39, 0.29) is 28.3 Å². The van der Waals surface area contributed by atoms with Gasteiger partial charge in [-0.05, 0) is 53.9 Å². The zero-order valence-electron chi connectivity index (χ0n) is 15.5. The quantitative estimate of drug-likeness (QED) is 0.277. The van der Waals surface area contributed by atoms with Crippen molar-refractivity contribution >= 4 is 52.4 Å². The number of nitrogens with zero attached hydrogens (tertiary/aromatic N) is 4. The summed E-state index contributed by atoms with van der Waals surface area (Å²) in [4.78, 5) is 24.4. The van der Waals surface area contributed by atoms with Gasteiger partial charge in [-0.15, -0.1) is 0 Å². The minimum absolute atomic E-state index is 0.0561. The first kappa shape index (κ1) is 19.8. The monoisotopic (exact) mass is 443 g/mol. The van der Waals surface area contributed by atoms with Gasteiger partial charge in [-0.25, -0.2) is 0 Å². The number of carbonyl (C=O) groups excluding carboxylic acids is 1. The van der Waals surface area contributed by atoms with Crippen LogP contribution in [-0.4, -0.2) is 25.7 Å². The SMILES string of the molecule is Cc1cccc(N2C(=O)/C(=C\c3ccc(Cn4cc(Cl)c([N+](=O)[O-])n4)o3)NC2=S)c1. The van der Waals surface area contributed by atoms with Crippen LogP contribution in [0.1, 0.15) is 17.1 Å². The van der Waals surface area contributed by atoms with Gasteiger partial charge < -0.3 is 19.8 Å². The van der Waals surface area contributed by atoms with Crippen molar-refractivity contribution in [3.8, 4) is 0 Å². The summed E-state index contributed by atoms with van der Waals surface area (Å²) in [5, 5.41) is 17.8. The summed E-state index contributed by atoms with van der Waals surface area (Å²) in [6.45, 7) is 2.08. The molecule has 11 heteroatoms. The number of nitrogens with one attached hydrogen (secondary N) is 1. The average Bonchev–Trinajstić information content (AvgIpc) is 3.34. The highest BCUT2D eigenvalue weighted by atomic mass is 35.5. The number of benzene rings is 1. The topological polar surface area (TPSA) is 106 Å².